The van der Waals surface area contributed by atoms with Crippen molar-refractivity contribution in [2.75, 3.05) is 18.1 Å². The minimum absolute atomic E-state index is 0.623. The molecule has 0 saturated carbocycles. The first kappa shape index (κ1) is 19.0. The molecule has 4 aromatic rings. The van der Waals surface area contributed by atoms with Gasteiger partial charge in [0, 0.05) is 23.7 Å². The standard InChI is InChI=1S/C27H24N4O/c1-2-7-24-23(6-1)27(30-18-29-24)31-13-14-32-26-11-10-20(15-22(26)17-31)21-9-8-19-5-3-4-12-28-25(19)16-21/h1-2,6-12,15-16,18H,3-5,13-14,17H2. The van der Waals surface area contributed by atoms with Crippen molar-refractivity contribution in [1.82, 2.24) is 9.97 Å². The highest BCUT2D eigenvalue weighted by Gasteiger charge is 2.19. The third-order valence-corrected chi connectivity index (χ3v) is 6.29. The molecular weight excluding hydrogens is 396 g/mol. The van der Waals surface area contributed by atoms with Gasteiger partial charge in [0.1, 0.15) is 24.5 Å². The number of nitrogens with zero attached hydrogens (tertiary/aromatic N) is 4. The molecular formula is C27H24N4O. The van der Waals surface area contributed by atoms with Gasteiger partial charge in [0.05, 0.1) is 17.7 Å². The number of para-hydroxylation sites is 1. The Morgan fingerprint density at radius 2 is 1.78 bits per heavy atom. The fourth-order valence-electron chi connectivity index (χ4n) is 4.62. The van der Waals surface area contributed by atoms with Crippen LogP contribution in [0.15, 0.2) is 72.0 Å². The van der Waals surface area contributed by atoms with Crippen molar-refractivity contribution in [3.05, 3.63) is 78.1 Å². The third kappa shape index (κ3) is 3.50. The molecule has 3 heterocycles. The van der Waals surface area contributed by atoms with Crippen LogP contribution in [0.5, 0.6) is 5.75 Å². The zero-order chi connectivity index (χ0) is 21.3. The lowest BCUT2D eigenvalue weighted by Crippen LogP contribution is -2.26. The summed E-state index contributed by atoms with van der Waals surface area (Å²) in [5, 5.41) is 1.07. The second kappa shape index (κ2) is 8.08. The summed E-state index contributed by atoms with van der Waals surface area (Å²) in [4.78, 5) is 16.0. The molecule has 158 valence electrons. The first-order valence-corrected chi connectivity index (χ1v) is 11.2. The fourth-order valence-corrected chi connectivity index (χ4v) is 4.62. The van der Waals surface area contributed by atoms with E-state index in [9.17, 15) is 0 Å². The lowest BCUT2D eigenvalue weighted by molar-refractivity contribution is 0.331. The van der Waals surface area contributed by atoms with Crippen LogP contribution in [0, 0.1) is 0 Å². The van der Waals surface area contributed by atoms with Crippen molar-refractivity contribution in [3.63, 3.8) is 0 Å². The van der Waals surface area contributed by atoms with Crippen molar-refractivity contribution < 1.29 is 4.74 Å². The van der Waals surface area contributed by atoms with Gasteiger partial charge >= 0.3 is 0 Å². The van der Waals surface area contributed by atoms with Crippen molar-refractivity contribution >= 4 is 28.6 Å². The molecule has 0 N–H and O–H groups in total. The average molecular weight is 421 g/mol. The summed E-state index contributed by atoms with van der Waals surface area (Å²) in [6.45, 7) is 2.14. The maximum Gasteiger partial charge on any atom is 0.140 e. The quantitative estimate of drug-likeness (QED) is 0.415. The topological polar surface area (TPSA) is 50.6 Å². The molecule has 2 aliphatic heterocycles. The van der Waals surface area contributed by atoms with E-state index in [1.165, 1.54) is 28.7 Å². The van der Waals surface area contributed by atoms with Crippen LogP contribution in [0.25, 0.3) is 22.0 Å². The molecule has 1 aromatic heterocycles. The van der Waals surface area contributed by atoms with Gasteiger partial charge in [-0.05, 0) is 66.3 Å². The molecule has 5 heteroatoms. The maximum absolute atomic E-state index is 6.10. The molecule has 0 fully saturated rings. The summed E-state index contributed by atoms with van der Waals surface area (Å²) >= 11 is 0. The molecule has 0 saturated heterocycles. The fraction of sp³-hybridized carbons (Fsp3) is 0.222. The van der Waals surface area contributed by atoms with E-state index < -0.39 is 0 Å². The lowest BCUT2D eigenvalue weighted by atomic mass is 9.98. The number of aliphatic imine (C=N–C) groups is 1. The Kier molecular flexibility index (Phi) is 4.79. The van der Waals surface area contributed by atoms with Crippen LogP contribution in [0.4, 0.5) is 11.5 Å². The number of hydrogen-bond donors (Lipinski definition) is 0. The Balaban J connectivity index is 1.37. The largest absolute Gasteiger partial charge is 0.491 e. The van der Waals surface area contributed by atoms with Gasteiger partial charge in [0.25, 0.3) is 0 Å². The van der Waals surface area contributed by atoms with Crippen LogP contribution < -0.4 is 9.64 Å². The summed E-state index contributed by atoms with van der Waals surface area (Å²) in [6.07, 6.45) is 7.00. The zero-order valence-electron chi connectivity index (χ0n) is 17.9. The summed E-state index contributed by atoms with van der Waals surface area (Å²) < 4.78 is 6.10. The highest BCUT2D eigenvalue weighted by molar-refractivity contribution is 5.89. The van der Waals surface area contributed by atoms with E-state index >= 15 is 0 Å². The van der Waals surface area contributed by atoms with Crippen molar-refractivity contribution in [2.24, 2.45) is 4.99 Å². The Morgan fingerprint density at radius 1 is 0.875 bits per heavy atom. The zero-order valence-corrected chi connectivity index (χ0v) is 17.9. The van der Waals surface area contributed by atoms with Gasteiger partial charge in [-0.25, -0.2) is 9.97 Å². The van der Waals surface area contributed by atoms with Crippen molar-refractivity contribution in [2.45, 2.75) is 25.8 Å². The molecule has 2 aliphatic rings. The van der Waals surface area contributed by atoms with Gasteiger partial charge in [-0.1, -0.05) is 30.3 Å². The summed E-state index contributed by atoms with van der Waals surface area (Å²) in [5.41, 5.74) is 6.93. The van der Waals surface area contributed by atoms with E-state index in [1.54, 1.807) is 6.33 Å². The molecule has 6 rings (SSSR count). The Labute approximate surface area is 187 Å². The summed E-state index contributed by atoms with van der Waals surface area (Å²) in [6, 6.07) is 21.3. The average Bonchev–Trinajstić information content (AvgIpc) is 3.21. The smallest absolute Gasteiger partial charge is 0.140 e. The normalized spacial score (nSPS) is 15.4. The monoisotopic (exact) mass is 420 g/mol. The molecule has 0 atom stereocenters. The van der Waals surface area contributed by atoms with Crippen LogP contribution in [-0.2, 0) is 13.0 Å². The van der Waals surface area contributed by atoms with Crippen LogP contribution in [0.3, 0.4) is 0 Å². The number of aryl methyl sites for hydroxylation is 1. The highest BCUT2D eigenvalue weighted by Crippen LogP contribution is 2.34. The number of benzene rings is 3. The number of anilines is 1. The highest BCUT2D eigenvalue weighted by atomic mass is 16.5. The Hall–Kier alpha value is -3.73. The van der Waals surface area contributed by atoms with E-state index in [0.717, 1.165) is 54.1 Å². The van der Waals surface area contributed by atoms with Crippen molar-refractivity contribution in [3.8, 4) is 16.9 Å². The number of aromatic nitrogens is 2. The van der Waals surface area contributed by atoms with Crippen LogP contribution >= 0.6 is 0 Å². The van der Waals surface area contributed by atoms with Gasteiger partial charge < -0.3 is 9.64 Å². The van der Waals surface area contributed by atoms with Crippen LogP contribution in [-0.4, -0.2) is 29.3 Å². The minimum atomic E-state index is 0.623. The Morgan fingerprint density at radius 3 is 2.78 bits per heavy atom. The molecule has 0 spiro atoms. The van der Waals surface area contributed by atoms with Crippen LogP contribution in [0.1, 0.15) is 24.0 Å². The maximum atomic E-state index is 6.10. The molecule has 0 aliphatic carbocycles. The van der Waals surface area contributed by atoms with Gasteiger partial charge in [-0.3, -0.25) is 4.99 Å². The van der Waals surface area contributed by atoms with Gasteiger partial charge in [0.2, 0.25) is 0 Å². The number of hydrogen-bond acceptors (Lipinski definition) is 5. The molecule has 5 nitrogen and oxygen atoms in total. The van der Waals surface area contributed by atoms with Gasteiger partial charge in [0.15, 0.2) is 0 Å². The van der Waals surface area contributed by atoms with Crippen LogP contribution in [0.2, 0.25) is 0 Å². The molecule has 0 bridgehead atoms. The Bertz CT molecular complexity index is 1330. The predicted octanol–water partition coefficient (Wildman–Crippen LogP) is 5.73. The van der Waals surface area contributed by atoms with E-state index in [1.807, 2.05) is 24.4 Å². The first-order chi connectivity index (χ1) is 15.8. The molecule has 0 radical (unpaired) electrons. The summed E-state index contributed by atoms with van der Waals surface area (Å²) in [7, 11) is 0. The van der Waals surface area contributed by atoms with E-state index in [-0.39, 0.29) is 0 Å². The van der Waals surface area contributed by atoms with Gasteiger partial charge in [-0.15, -0.1) is 0 Å². The SMILES string of the molecule is C1=Nc2cc(-c3ccc4c(c3)CN(c3ncnc5ccccc35)CCO4)ccc2CCC1. The predicted molar refractivity (Wildman–Crippen MR) is 129 cm³/mol. The van der Waals surface area contributed by atoms with E-state index in [4.69, 9.17) is 4.74 Å². The second-order valence-electron chi connectivity index (χ2n) is 8.35. The van der Waals surface area contributed by atoms with Gasteiger partial charge in [-0.2, -0.15) is 0 Å². The lowest BCUT2D eigenvalue weighted by Gasteiger charge is -2.22. The van der Waals surface area contributed by atoms with E-state index in [2.05, 4.69) is 62.3 Å². The minimum Gasteiger partial charge on any atom is -0.491 e. The molecule has 3 aromatic carbocycles. The van der Waals surface area contributed by atoms with Crippen molar-refractivity contribution in [1.29, 1.82) is 0 Å². The molecule has 0 amide bonds. The third-order valence-electron chi connectivity index (χ3n) is 6.29. The second-order valence-corrected chi connectivity index (χ2v) is 8.35. The first-order valence-electron chi connectivity index (χ1n) is 11.2. The molecule has 32 heavy (non-hydrogen) atoms. The summed E-state index contributed by atoms with van der Waals surface area (Å²) in [5.74, 6) is 1.90. The molecule has 0 unspecified atom stereocenters. The number of ether oxygens (including phenoxy) is 1. The number of fused-ring (bicyclic) bond motifs is 3. The number of rotatable bonds is 2. The van der Waals surface area contributed by atoms with E-state index in [0.29, 0.717) is 6.61 Å².